The molecule has 0 aliphatic rings. The summed E-state index contributed by atoms with van der Waals surface area (Å²) in [6, 6.07) is 0. The molecule has 0 bridgehead atoms. The van der Waals surface area contributed by atoms with Crippen LogP contribution in [0.5, 0.6) is 0 Å². The van der Waals surface area contributed by atoms with Gasteiger partial charge in [-0.3, -0.25) is 0 Å². The molecule has 1 unspecified atom stereocenters. The first-order valence-electron chi connectivity index (χ1n) is 5.53. The molecule has 0 saturated heterocycles. The van der Waals surface area contributed by atoms with E-state index < -0.39 is 16.3 Å². The van der Waals surface area contributed by atoms with Crippen LogP contribution >= 0.6 is 0 Å². The van der Waals surface area contributed by atoms with Gasteiger partial charge in [0.15, 0.2) is 0 Å². The molecular weight excluding hydrogens is 242 g/mol. The number of aliphatic hydroxyl groups excluding tert-OH is 1. The highest BCUT2D eigenvalue weighted by Gasteiger charge is 2.23. The average Bonchev–Trinajstić information content (AvgIpc) is 2.13. The number of nitrogens with one attached hydrogen (secondary N) is 1. The van der Waals surface area contributed by atoms with E-state index in [9.17, 15) is 13.5 Å². The predicted molar refractivity (Wildman–Crippen MR) is 69.0 cm³/mol. The third kappa shape index (κ3) is 6.32. The first-order chi connectivity index (χ1) is 7.47. The third-order valence-electron chi connectivity index (χ3n) is 2.19. The van der Waals surface area contributed by atoms with Crippen molar-refractivity contribution in [3.05, 3.63) is 0 Å². The summed E-state index contributed by atoms with van der Waals surface area (Å²) < 4.78 is 25.6. The summed E-state index contributed by atoms with van der Waals surface area (Å²) in [5, 5.41) is 12.9. The standard InChI is InChI=1S/C10H25N3O3S/c1-10(2,3)11-7-9(14)8-13(6)17(15,16)12(4)5/h9,11,14H,7-8H2,1-6H3. The number of likely N-dealkylation sites (N-methyl/N-ethyl adjacent to an activating group) is 1. The minimum atomic E-state index is -3.45. The zero-order chi connectivity index (χ0) is 13.9. The molecule has 0 amide bonds. The van der Waals surface area contributed by atoms with Crippen molar-refractivity contribution in [2.45, 2.75) is 32.4 Å². The molecule has 104 valence electrons. The summed E-state index contributed by atoms with van der Waals surface area (Å²) in [5.74, 6) is 0. The Labute approximate surface area is 105 Å². The molecule has 0 aromatic carbocycles. The first kappa shape index (κ1) is 16.8. The lowest BCUT2D eigenvalue weighted by molar-refractivity contribution is 0.139. The Morgan fingerprint density at radius 2 is 1.71 bits per heavy atom. The van der Waals surface area contributed by atoms with Crippen molar-refractivity contribution in [2.75, 3.05) is 34.2 Å². The van der Waals surface area contributed by atoms with Gasteiger partial charge in [-0.15, -0.1) is 0 Å². The molecule has 1 atom stereocenters. The van der Waals surface area contributed by atoms with Crippen molar-refractivity contribution in [3.63, 3.8) is 0 Å². The first-order valence-corrected chi connectivity index (χ1v) is 6.93. The lowest BCUT2D eigenvalue weighted by atomic mass is 10.1. The summed E-state index contributed by atoms with van der Waals surface area (Å²) >= 11 is 0. The normalized spacial score (nSPS) is 15.6. The minimum absolute atomic E-state index is 0.0730. The fraction of sp³-hybridized carbons (Fsp3) is 1.00. The van der Waals surface area contributed by atoms with Gasteiger partial charge >= 0.3 is 0 Å². The van der Waals surface area contributed by atoms with Crippen molar-refractivity contribution in [1.29, 1.82) is 0 Å². The molecule has 0 saturated carbocycles. The second kappa shape index (κ2) is 6.10. The van der Waals surface area contributed by atoms with E-state index in [-0.39, 0.29) is 12.1 Å². The van der Waals surface area contributed by atoms with Crippen LogP contribution < -0.4 is 5.32 Å². The molecule has 0 rings (SSSR count). The molecule has 0 radical (unpaired) electrons. The van der Waals surface area contributed by atoms with Crippen molar-refractivity contribution in [3.8, 4) is 0 Å². The Morgan fingerprint density at radius 3 is 2.06 bits per heavy atom. The number of β-amino-alcohol motifs (C(OH)–C–C–N with tert-alkyl or cyclic N) is 1. The van der Waals surface area contributed by atoms with Crippen LogP contribution in [0, 0.1) is 0 Å². The molecule has 7 heteroatoms. The van der Waals surface area contributed by atoms with Crippen LogP contribution in [0.25, 0.3) is 0 Å². The highest BCUT2D eigenvalue weighted by molar-refractivity contribution is 7.86. The number of hydrogen-bond acceptors (Lipinski definition) is 4. The van der Waals surface area contributed by atoms with E-state index in [0.29, 0.717) is 6.54 Å². The Balaban J connectivity index is 4.27. The van der Waals surface area contributed by atoms with Gasteiger partial charge in [0.2, 0.25) is 0 Å². The molecule has 0 aliphatic carbocycles. The van der Waals surface area contributed by atoms with E-state index in [1.807, 2.05) is 20.8 Å². The highest BCUT2D eigenvalue weighted by atomic mass is 32.2. The maximum Gasteiger partial charge on any atom is 0.281 e. The van der Waals surface area contributed by atoms with Crippen LogP contribution in [0.3, 0.4) is 0 Å². The average molecular weight is 267 g/mol. The number of rotatable bonds is 6. The van der Waals surface area contributed by atoms with E-state index in [2.05, 4.69) is 5.32 Å². The van der Waals surface area contributed by atoms with Gasteiger partial charge in [-0.1, -0.05) is 0 Å². The maximum absolute atomic E-state index is 11.7. The Kier molecular flexibility index (Phi) is 6.03. The van der Waals surface area contributed by atoms with Crippen LogP contribution in [-0.4, -0.2) is 68.0 Å². The minimum Gasteiger partial charge on any atom is -0.390 e. The summed E-state index contributed by atoms with van der Waals surface area (Å²) in [5.41, 5.74) is -0.0972. The maximum atomic E-state index is 11.7. The molecule has 0 aromatic rings. The Hall–Kier alpha value is -0.210. The summed E-state index contributed by atoms with van der Waals surface area (Å²) in [7, 11) is 0.935. The fourth-order valence-corrected chi connectivity index (χ4v) is 2.08. The smallest absolute Gasteiger partial charge is 0.281 e. The van der Waals surface area contributed by atoms with E-state index in [1.165, 1.54) is 21.1 Å². The number of aliphatic hydroxyl groups is 1. The van der Waals surface area contributed by atoms with Crippen LogP contribution in [0.2, 0.25) is 0 Å². The second-order valence-electron chi connectivity index (χ2n) is 5.36. The van der Waals surface area contributed by atoms with Crippen LogP contribution in [-0.2, 0) is 10.2 Å². The lowest BCUT2D eigenvalue weighted by Crippen LogP contribution is -2.47. The topological polar surface area (TPSA) is 72.9 Å². The predicted octanol–water partition coefficient (Wildman–Crippen LogP) is -0.526. The van der Waals surface area contributed by atoms with Gasteiger partial charge < -0.3 is 10.4 Å². The van der Waals surface area contributed by atoms with Gasteiger partial charge in [-0.2, -0.15) is 17.0 Å². The monoisotopic (exact) mass is 267 g/mol. The van der Waals surface area contributed by atoms with E-state index in [4.69, 9.17) is 0 Å². The molecule has 0 spiro atoms. The van der Waals surface area contributed by atoms with Crippen LogP contribution in [0.15, 0.2) is 0 Å². The van der Waals surface area contributed by atoms with Gasteiger partial charge in [-0.25, -0.2) is 0 Å². The second-order valence-corrected chi connectivity index (χ2v) is 7.60. The van der Waals surface area contributed by atoms with Crippen molar-refractivity contribution in [2.24, 2.45) is 0 Å². The van der Waals surface area contributed by atoms with Gasteiger partial charge in [0.05, 0.1) is 6.10 Å². The van der Waals surface area contributed by atoms with E-state index in [1.54, 1.807) is 0 Å². The van der Waals surface area contributed by atoms with Crippen molar-refractivity contribution < 1.29 is 13.5 Å². The zero-order valence-electron chi connectivity index (χ0n) is 11.6. The molecule has 2 N–H and O–H groups in total. The number of hydrogen-bond donors (Lipinski definition) is 2. The molecular formula is C10H25N3O3S. The summed E-state index contributed by atoms with van der Waals surface area (Å²) in [6.07, 6.45) is -0.728. The van der Waals surface area contributed by atoms with E-state index >= 15 is 0 Å². The molecule has 0 aromatic heterocycles. The fourth-order valence-electron chi connectivity index (χ4n) is 1.16. The summed E-state index contributed by atoms with van der Waals surface area (Å²) in [6.45, 7) is 6.39. The van der Waals surface area contributed by atoms with Crippen molar-refractivity contribution >= 4 is 10.2 Å². The SMILES string of the molecule is CN(C)S(=O)(=O)N(C)CC(O)CNC(C)(C)C. The summed E-state index contributed by atoms with van der Waals surface area (Å²) in [4.78, 5) is 0. The molecule has 0 aliphatic heterocycles. The zero-order valence-corrected chi connectivity index (χ0v) is 12.4. The molecule has 17 heavy (non-hydrogen) atoms. The van der Waals surface area contributed by atoms with Crippen molar-refractivity contribution in [1.82, 2.24) is 13.9 Å². The van der Waals surface area contributed by atoms with Gasteiger partial charge in [0, 0.05) is 39.8 Å². The third-order valence-corrected chi connectivity index (χ3v) is 4.05. The molecule has 0 heterocycles. The quantitative estimate of drug-likeness (QED) is 0.679. The largest absolute Gasteiger partial charge is 0.390 e. The molecule has 6 nitrogen and oxygen atoms in total. The molecule has 0 fully saturated rings. The Morgan fingerprint density at radius 1 is 1.24 bits per heavy atom. The van der Waals surface area contributed by atoms with Gasteiger partial charge in [-0.05, 0) is 20.8 Å². The highest BCUT2D eigenvalue weighted by Crippen LogP contribution is 2.03. The Bertz CT molecular complexity index is 322. The van der Waals surface area contributed by atoms with Gasteiger partial charge in [0.1, 0.15) is 0 Å². The van der Waals surface area contributed by atoms with E-state index in [0.717, 1.165) is 8.61 Å². The van der Waals surface area contributed by atoms with Crippen LogP contribution in [0.4, 0.5) is 0 Å². The number of nitrogens with zero attached hydrogens (tertiary/aromatic N) is 2. The van der Waals surface area contributed by atoms with Gasteiger partial charge in [0.25, 0.3) is 10.2 Å². The lowest BCUT2D eigenvalue weighted by Gasteiger charge is -2.26. The van der Waals surface area contributed by atoms with Crippen LogP contribution in [0.1, 0.15) is 20.8 Å².